The average molecular weight is 399 g/mol. The van der Waals surface area contributed by atoms with Gasteiger partial charge in [-0.2, -0.15) is 0 Å². The van der Waals surface area contributed by atoms with Crippen molar-refractivity contribution < 1.29 is 14.5 Å². The molecular formula is C18H11BrN2O4. The van der Waals surface area contributed by atoms with Gasteiger partial charge in [0.05, 0.1) is 10.5 Å². The maximum absolute atomic E-state index is 11.9. The zero-order valence-electron chi connectivity index (χ0n) is 12.8. The van der Waals surface area contributed by atoms with E-state index in [1.54, 1.807) is 30.4 Å². The van der Waals surface area contributed by atoms with E-state index in [0.717, 1.165) is 4.47 Å². The lowest BCUT2D eigenvalue weighted by Gasteiger charge is -2.01. The van der Waals surface area contributed by atoms with Crippen molar-refractivity contribution in [1.82, 2.24) is 0 Å². The van der Waals surface area contributed by atoms with Crippen LogP contribution in [0, 0.1) is 10.1 Å². The molecule has 0 atom stereocenters. The summed E-state index contributed by atoms with van der Waals surface area (Å²) in [4.78, 5) is 26.4. The molecular weight excluding hydrogens is 388 g/mol. The molecule has 0 N–H and O–H groups in total. The number of hydrogen-bond donors (Lipinski definition) is 0. The van der Waals surface area contributed by atoms with E-state index in [4.69, 9.17) is 4.74 Å². The summed E-state index contributed by atoms with van der Waals surface area (Å²) in [7, 11) is 0. The number of hydrogen-bond acceptors (Lipinski definition) is 5. The summed E-state index contributed by atoms with van der Waals surface area (Å²) in [5, 5.41) is 10.8. The third-order valence-corrected chi connectivity index (χ3v) is 4.04. The van der Waals surface area contributed by atoms with Crippen molar-refractivity contribution in [2.45, 2.75) is 0 Å². The van der Waals surface area contributed by atoms with E-state index in [1.165, 1.54) is 18.2 Å². The second-order valence-corrected chi connectivity index (χ2v) is 5.90. The molecule has 2 aromatic rings. The fraction of sp³-hybridized carbons (Fsp3) is 0. The Bertz CT molecular complexity index is 948. The topological polar surface area (TPSA) is 81.8 Å². The highest BCUT2D eigenvalue weighted by molar-refractivity contribution is 9.10. The summed E-state index contributed by atoms with van der Waals surface area (Å²) >= 11 is 3.39. The molecule has 0 saturated carbocycles. The normalized spacial score (nSPS) is 15.5. The van der Waals surface area contributed by atoms with Gasteiger partial charge in [0.2, 0.25) is 5.90 Å². The molecule has 0 aliphatic carbocycles. The van der Waals surface area contributed by atoms with Crippen LogP contribution in [-0.4, -0.2) is 16.8 Å². The van der Waals surface area contributed by atoms with Gasteiger partial charge in [0.15, 0.2) is 5.70 Å². The van der Waals surface area contributed by atoms with Crippen LogP contribution in [0.25, 0.3) is 6.08 Å². The van der Waals surface area contributed by atoms with Crippen LogP contribution in [0.1, 0.15) is 11.1 Å². The van der Waals surface area contributed by atoms with Gasteiger partial charge in [0, 0.05) is 16.6 Å². The first-order valence-electron chi connectivity index (χ1n) is 7.23. The van der Waals surface area contributed by atoms with Gasteiger partial charge in [-0.25, -0.2) is 9.79 Å². The number of esters is 1. The van der Waals surface area contributed by atoms with E-state index < -0.39 is 10.9 Å². The molecule has 1 aliphatic heterocycles. The van der Waals surface area contributed by atoms with E-state index >= 15 is 0 Å². The van der Waals surface area contributed by atoms with E-state index in [1.807, 2.05) is 18.2 Å². The highest BCUT2D eigenvalue weighted by Gasteiger charge is 2.24. The van der Waals surface area contributed by atoms with E-state index in [-0.39, 0.29) is 17.3 Å². The number of carbonyl (C=O) groups excluding carboxylic acids is 1. The number of carbonyl (C=O) groups is 1. The Morgan fingerprint density at radius 2 is 1.96 bits per heavy atom. The number of allylic oxidation sites excluding steroid dienone is 2. The lowest BCUT2D eigenvalue weighted by atomic mass is 10.2. The van der Waals surface area contributed by atoms with Crippen molar-refractivity contribution >= 4 is 39.6 Å². The minimum absolute atomic E-state index is 0.00399. The van der Waals surface area contributed by atoms with Crippen LogP contribution in [0.4, 0.5) is 5.69 Å². The number of non-ortho nitro benzene ring substituents is 1. The number of nitrogens with zero attached hydrogens (tertiary/aromatic N) is 2. The Balaban J connectivity index is 1.82. The molecule has 7 heteroatoms. The zero-order chi connectivity index (χ0) is 17.8. The number of cyclic esters (lactones) is 1. The zero-order valence-corrected chi connectivity index (χ0v) is 14.3. The van der Waals surface area contributed by atoms with Crippen LogP contribution >= 0.6 is 15.9 Å². The molecule has 25 heavy (non-hydrogen) atoms. The van der Waals surface area contributed by atoms with Crippen LogP contribution in [0.2, 0.25) is 0 Å². The van der Waals surface area contributed by atoms with E-state index in [9.17, 15) is 14.9 Å². The fourth-order valence-electron chi connectivity index (χ4n) is 2.17. The Morgan fingerprint density at radius 1 is 1.16 bits per heavy atom. The van der Waals surface area contributed by atoms with Gasteiger partial charge in [0.25, 0.3) is 5.69 Å². The smallest absolute Gasteiger partial charge is 0.363 e. The first-order valence-corrected chi connectivity index (χ1v) is 8.02. The average Bonchev–Trinajstić information content (AvgIpc) is 2.96. The van der Waals surface area contributed by atoms with Gasteiger partial charge in [0.1, 0.15) is 0 Å². The molecule has 0 saturated heterocycles. The molecule has 0 aromatic heterocycles. The monoisotopic (exact) mass is 398 g/mol. The van der Waals surface area contributed by atoms with Crippen molar-refractivity contribution in [2.75, 3.05) is 0 Å². The highest BCUT2D eigenvalue weighted by atomic mass is 79.9. The van der Waals surface area contributed by atoms with Crippen LogP contribution in [0.3, 0.4) is 0 Å². The Morgan fingerprint density at radius 3 is 2.72 bits per heavy atom. The molecule has 124 valence electrons. The Hall–Kier alpha value is -3.06. The number of benzene rings is 2. The summed E-state index contributed by atoms with van der Waals surface area (Å²) < 4.78 is 5.96. The summed E-state index contributed by atoms with van der Waals surface area (Å²) in [6.07, 6.45) is 4.76. The van der Waals surface area contributed by atoms with Gasteiger partial charge in [-0.05, 0) is 39.7 Å². The standard InChI is InChI=1S/C18H11BrN2O4/c19-15-9-2-1-8-14(15)17-20-16(18(22)25-17)10-4-6-12-5-3-7-13(11-12)21(23)24/h1-11H/b6-4+,16-10-. The maximum Gasteiger partial charge on any atom is 0.363 e. The molecule has 2 aromatic carbocycles. The predicted octanol–water partition coefficient (Wildman–Crippen LogP) is 4.26. The van der Waals surface area contributed by atoms with Gasteiger partial charge in [-0.15, -0.1) is 0 Å². The lowest BCUT2D eigenvalue weighted by molar-refractivity contribution is -0.384. The molecule has 3 rings (SSSR count). The van der Waals surface area contributed by atoms with Gasteiger partial charge >= 0.3 is 5.97 Å². The molecule has 6 nitrogen and oxygen atoms in total. The van der Waals surface area contributed by atoms with Crippen molar-refractivity contribution in [3.05, 3.63) is 92.1 Å². The van der Waals surface area contributed by atoms with Crippen LogP contribution < -0.4 is 0 Å². The van der Waals surface area contributed by atoms with Crippen LogP contribution in [0.5, 0.6) is 0 Å². The molecule has 0 amide bonds. The summed E-state index contributed by atoms with van der Waals surface area (Å²) in [6.45, 7) is 0. The van der Waals surface area contributed by atoms with Crippen LogP contribution in [0.15, 0.2) is 75.8 Å². The number of aliphatic imine (C=N–C) groups is 1. The fourth-order valence-corrected chi connectivity index (χ4v) is 2.62. The first-order chi connectivity index (χ1) is 12.0. The minimum Gasteiger partial charge on any atom is -0.402 e. The van der Waals surface area contributed by atoms with E-state index in [2.05, 4.69) is 20.9 Å². The lowest BCUT2D eigenvalue weighted by Crippen LogP contribution is -2.05. The molecule has 0 spiro atoms. The van der Waals surface area contributed by atoms with Crippen molar-refractivity contribution in [3.63, 3.8) is 0 Å². The van der Waals surface area contributed by atoms with Crippen LogP contribution in [-0.2, 0) is 9.53 Å². The Kier molecular flexibility index (Phi) is 4.85. The number of halogens is 1. The molecule has 1 heterocycles. The number of nitro benzene ring substituents is 1. The number of ether oxygens (including phenoxy) is 1. The number of rotatable bonds is 4. The SMILES string of the molecule is O=C1OC(c2ccccc2Br)=N/C1=C\C=C\c1cccc([N+](=O)[O-])c1. The third kappa shape index (κ3) is 3.89. The van der Waals surface area contributed by atoms with Gasteiger partial charge in [-0.3, -0.25) is 10.1 Å². The Labute approximate surface area is 151 Å². The highest BCUT2D eigenvalue weighted by Crippen LogP contribution is 2.23. The van der Waals surface area contributed by atoms with Crippen molar-refractivity contribution in [2.24, 2.45) is 4.99 Å². The molecule has 0 fully saturated rings. The van der Waals surface area contributed by atoms with E-state index in [0.29, 0.717) is 11.1 Å². The quantitative estimate of drug-likeness (QED) is 0.333. The third-order valence-electron chi connectivity index (χ3n) is 3.35. The minimum atomic E-state index is -0.547. The molecule has 0 unspecified atom stereocenters. The molecule has 1 aliphatic rings. The number of nitro groups is 1. The summed E-state index contributed by atoms with van der Waals surface area (Å²) in [5.74, 6) is -0.318. The van der Waals surface area contributed by atoms with Gasteiger partial charge in [-0.1, -0.05) is 36.4 Å². The summed E-state index contributed by atoms with van der Waals surface area (Å²) in [6, 6.07) is 13.5. The largest absolute Gasteiger partial charge is 0.402 e. The van der Waals surface area contributed by atoms with Gasteiger partial charge < -0.3 is 4.74 Å². The van der Waals surface area contributed by atoms with Crippen molar-refractivity contribution in [1.29, 1.82) is 0 Å². The second kappa shape index (κ2) is 7.23. The maximum atomic E-state index is 11.9. The second-order valence-electron chi connectivity index (χ2n) is 5.05. The van der Waals surface area contributed by atoms with Crippen molar-refractivity contribution in [3.8, 4) is 0 Å². The summed E-state index contributed by atoms with van der Waals surface area (Å²) in [5.41, 5.74) is 1.49. The first kappa shape index (κ1) is 16.8. The molecule has 0 bridgehead atoms. The molecule has 0 radical (unpaired) electrons. The predicted molar refractivity (Wildman–Crippen MR) is 97.0 cm³/mol.